The molecule has 0 unspecified atom stereocenters. The van der Waals surface area contributed by atoms with Crippen LogP contribution in [0, 0.1) is 0 Å². The van der Waals surface area contributed by atoms with Crippen LogP contribution in [0.3, 0.4) is 0 Å². The zero-order valence-electron chi connectivity index (χ0n) is 10.5. The molecule has 0 fully saturated rings. The van der Waals surface area contributed by atoms with Gasteiger partial charge in [-0.3, -0.25) is 0 Å². The minimum absolute atomic E-state index is 0.359. The Balaban J connectivity index is 2.63. The number of hydrogen-bond acceptors (Lipinski definition) is 4. The van der Waals surface area contributed by atoms with Gasteiger partial charge in [-0.25, -0.2) is 0 Å². The van der Waals surface area contributed by atoms with Gasteiger partial charge in [0.15, 0.2) is 11.6 Å². The van der Waals surface area contributed by atoms with Gasteiger partial charge in [0.05, 0.1) is 17.1 Å². The fourth-order valence-corrected chi connectivity index (χ4v) is 2.39. The van der Waals surface area contributed by atoms with E-state index in [1.54, 1.807) is 13.2 Å². The van der Waals surface area contributed by atoms with Crippen LogP contribution in [-0.4, -0.2) is 12.3 Å². The summed E-state index contributed by atoms with van der Waals surface area (Å²) in [6.45, 7) is 4.26. The lowest BCUT2D eigenvalue weighted by molar-refractivity contribution is 0.404. The molecule has 0 aliphatic carbocycles. The Kier molecular flexibility index (Phi) is 3.61. The Morgan fingerprint density at radius 2 is 2.06 bits per heavy atom. The lowest BCUT2D eigenvalue weighted by Crippen LogP contribution is -1.94. The van der Waals surface area contributed by atoms with Crippen molar-refractivity contribution in [3.63, 3.8) is 0 Å². The van der Waals surface area contributed by atoms with Crippen molar-refractivity contribution in [1.82, 2.24) is 5.16 Å². The first-order chi connectivity index (χ1) is 8.52. The molecule has 96 valence electrons. The summed E-state index contributed by atoms with van der Waals surface area (Å²) in [6, 6.07) is 5.77. The van der Waals surface area contributed by atoms with Gasteiger partial charge in [-0.15, -0.1) is 0 Å². The predicted octanol–water partition coefficient (Wildman–Crippen LogP) is 3.82. The van der Waals surface area contributed by atoms with E-state index in [1.807, 2.05) is 12.1 Å². The molecule has 0 spiro atoms. The Hall–Kier alpha value is -1.49. The van der Waals surface area contributed by atoms with Crippen molar-refractivity contribution in [1.29, 1.82) is 0 Å². The van der Waals surface area contributed by atoms with E-state index < -0.39 is 0 Å². The second-order valence-electron chi connectivity index (χ2n) is 4.35. The van der Waals surface area contributed by atoms with Crippen LogP contribution < -0.4 is 10.5 Å². The number of aromatic nitrogens is 1. The first-order valence-electron chi connectivity index (χ1n) is 5.63. The van der Waals surface area contributed by atoms with E-state index in [9.17, 15) is 0 Å². The second-order valence-corrected chi connectivity index (χ2v) is 5.21. The smallest absolute Gasteiger partial charge is 0.172 e. The quantitative estimate of drug-likeness (QED) is 0.936. The second kappa shape index (κ2) is 5.02. The average Bonchev–Trinajstić information content (AvgIpc) is 2.74. The Labute approximate surface area is 114 Å². The van der Waals surface area contributed by atoms with Crippen LogP contribution in [-0.2, 0) is 0 Å². The normalized spacial score (nSPS) is 10.9. The first kappa shape index (κ1) is 13.0. The highest BCUT2D eigenvalue weighted by Gasteiger charge is 2.16. The summed E-state index contributed by atoms with van der Waals surface area (Å²) in [7, 11) is 1.62. The van der Waals surface area contributed by atoms with Crippen LogP contribution >= 0.6 is 15.9 Å². The summed E-state index contributed by atoms with van der Waals surface area (Å²) in [6.07, 6.45) is 0. The van der Waals surface area contributed by atoms with Crippen LogP contribution in [0.25, 0.3) is 11.3 Å². The van der Waals surface area contributed by atoms with Crippen molar-refractivity contribution in [2.24, 2.45) is 0 Å². The van der Waals surface area contributed by atoms with E-state index in [-0.39, 0.29) is 0 Å². The molecule has 1 aromatic carbocycles. The molecule has 2 aromatic rings. The minimum Gasteiger partial charge on any atom is -0.495 e. The third-order valence-electron chi connectivity index (χ3n) is 2.73. The summed E-state index contributed by atoms with van der Waals surface area (Å²) >= 11 is 3.51. The predicted molar refractivity (Wildman–Crippen MR) is 74.7 cm³/mol. The lowest BCUT2D eigenvalue weighted by Gasteiger charge is -2.13. The van der Waals surface area contributed by atoms with Crippen molar-refractivity contribution in [3.05, 3.63) is 28.2 Å². The lowest BCUT2D eigenvalue weighted by atomic mass is 9.99. The van der Waals surface area contributed by atoms with E-state index in [1.165, 1.54) is 5.56 Å². The van der Waals surface area contributed by atoms with Crippen LogP contribution in [0.2, 0.25) is 0 Å². The average molecular weight is 311 g/mol. The molecule has 0 amide bonds. The molecule has 2 rings (SSSR count). The molecular formula is C13H15BrN2O2. The van der Waals surface area contributed by atoms with Crippen LogP contribution in [0.4, 0.5) is 5.82 Å². The topological polar surface area (TPSA) is 61.3 Å². The first-order valence-corrected chi connectivity index (χ1v) is 6.42. The van der Waals surface area contributed by atoms with Crippen LogP contribution in [0.1, 0.15) is 25.3 Å². The van der Waals surface area contributed by atoms with E-state index in [0.717, 1.165) is 15.8 Å². The maximum atomic E-state index is 5.59. The van der Waals surface area contributed by atoms with Crippen LogP contribution in [0.5, 0.6) is 5.75 Å². The largest absolute Gasteiger partial charge is 0.495 e. The van der Waals surface area contributed by atoms with Gasteiger partial charge >= 0.3 is 0 Å². The Morgan fingerprint density at radius 1 is 1.33 bits per heavy atom. The van der Waals surface area contributed by atoms with Crippen LogP contribution in [0.15, 0.2) is 27.2 Å². The molecule has 4 nitrogen and oxygen atoms in total. The van der Waals surface area contributed by atoms with E-state index >= 15 is 0 Å². The molecule has 0 radical (unpaired) electrons. The molecule has 0 bridgehead atoms. The van der Waals surface area contributed by atoms with E-state index in [4.69, 9.17) is 15.0 Å². The molecule has 1 aromatic heterocycles. The van der Waals surface area contributed by atoms with Crippen molar-refractivity contribution in [3.8, 4) is 17.1 Å². The zero-order chi connectivity index (χ0) is 13.3. The number of methoxy groups -OCH3 is 1. The van der Waals surface area contributed by atoms with Crippen molar-refractivity contribution in [2.75, 3.05) is 12.8 Å². The van der Waals surface area contributed by atoms with Gasteiger partial charge in [-0.2, -0.15) is 0 Å². The van der Waals surface area contributed by atoms with Gasteiger partial charge in [-0.05, 0) is 39.5 Å². The SMILES string of the molecule is COc1c(Br)cc(C(C)C)cc1-c1cc(N)no1. The van der Waals surface area contributed by atoms with Crippen molar-refractivity contribution < 1.29 is 9.26 Å². The number of anilines is 1. The van der Waals surface area contributed by atoms with Gasteiger partial charge in [-0.1, -0.05) is 19.0 Å². The van der Waals surface area contributed by atoms with Gasteiger partial charge in [0.1, 0.15) is 5.75 Å². The zero-order valence-corrected chi connectivity index (χ0v) is 12.1. The Bertz CT molecular complexity index is 564. The highest BCUT2D eigenvalue weighted by Crippen LogP contribution is 2.39. The number of ether oxygens (including phenoxy) is 1. The molecule has 0 saturated carbocycles. The number of nitrogens with two attached hydrogens (primary N) is 1. The fraction of sp³-hybridized carbons (Fsp3) is 0.308. The molecule has 2 N–H and O–H groups in total. The summed E-state index contributed by atoms with van der Waals surface area (Å²) in [5, 5.41) is 3.70. The maximum absolute atomic E-state index is 5.59. The van der Waals surface area contributed by atoms with Gasteiger partial charge in [0.2, 0.25) is 0 Å². The molecule has 1 heterocycles. The molecule has 5 heteroatoms. The van der Waals surface area contributed by atoms with E-state index in [2.05, 4.69) is 34.9 Å². The van der Waals surface area contributed by atoms with Gasteiger partial charge in [0, 0.05) is 6.07 Å². The number of halogens is 1. The summed E-state index contributed by atoms with van der Waals surface area (Å²) in [5.74, 6) is 2.09. The number of nitrogen functional groups attached to an aromatic ring is 1. The molecule has 0 atom stereocenters. The third-order valence-corrected chi connectivity index (χ3v) is 3.32. The summed E-state index contributed by atoms with van der Waals surface area (Å²) < 4.78 is 11.5. The van der Waals surface area contributed by atoms with E-state index in [0.29, 0.717) is 17.5 Å². The Morgan fingerprint density at radius 3 is 2.56 bits per heavy atom. The molecule has 0 saturated heterocycles. The number of benzene rings is 1. The fourth-order valence-electron chi connectivity index (χ4n) is 1.75. The summed E-state index contributed by atoms with van der Waals surface area (Å²) in [5.41, 5.74) is 7.62. The molecule has 0 aliphatic rings. The van der Waals surface area contributed by atoms with Gasteiger partial charge < -0.3 is 15.0 Å². The number of rotatable bonds is 3. The van der Waals surface area contributed by atoms with Gasteiger partial charge in [0.25, 0.3) is 0 Å². The monoisotopic (exact) mass is 310 g/mol. The molecule has 0 aliphatic heterocycles. The number of nitrogens with zero attached hydrogens (tertiary/aromatic N) is 1. The molecular weight excluding hydrogens is 296 g/mol. The van der Waals surface area contributed by atoms with Crippen molar-refractivity contribution in [2.45, 2.75) is 19.8 Å². The highest BCUT2D eigenvalue weighted by molar-refractivity contribution is 9.10. The number of hydrogen-bond donors (Lipinski definition) is 1. The maximum Gasteiger partial charge on any atom is 0.172 e. The third kappa shape index (κ3) is 2.36. The standard InChI is InChI=1S/C13H15BrN2O2/c1-7(2)8-4-9(11-6-12(15)16-18-11)13(17-3)10(14)5-8/h4-7H,1-3H3,(H2,15,16). The van der Waals surface area contributed by atoms with Crippen molar-refractivity contribution >= 4 is 21.7 Å². The minimum atomic E-state index is 0.359. The highest BCUT2D eigenvalue weighted by atomic mass is 79.9. The molecule has 18 heavy (non-hydrogen) atoms. The summed E-state index contributed by atoms with van der Waals surface area (Å²) in [4.78, 5) is 0.